The summed E-state index contributed by atoms with van der Waals surface area (Å²) in [4.78, 5) is 0. The van der Waals surface area contributed by atoms with Crippen LogP contribution in [0.15, 0.2) is 48.5 Å². The van der Waals surface area contributed by atoms with Gasteiger partial charge in [0.05, 0.1) is 11.6 Å². The van der Waals surface area contributed by atoms with Crippen molar-refractivity contribution in [2.24, 2.45) is 0 Å². The first-order valence-corrected chi connectivity index (χ1v) is 6.12. The number of rotatable bonds is 5. The van der Waals surface area contributed by atoms with Crippen LogP contribution in [0.25, 0.3) is 0 Å². The molecule has 0 radical (unpaired) electrons. The van der Waals surface area contributed by atoms with Crippen molar-refractivity contribution in [1.29, 1.82) is 5.26 Å². The molecule has 0 saturated carbocycles. The van der Waals surface area contributed by atoms with E-state index in [0.29, 0.717) is 22.9 Å². The van der Waals surface area contributed by atoms with Crippen LogP contribution in [0.2, 0.25) is 5.02 Å². The first kappa shape index (κ1) is 13.4. The summed E-state index contributed by atoms with van der Waals surface area (Å²) >= 11 is 5.89. The molecule has 0 atom stereocenters. The van der Waals surface area contributed by atoms with Gasteiger partial charge in [0.1, 0.15) is 17.4 Å². The molecule has 0 N–H and O–H groups in total. The summed E-state index contributed by atoms with van der Waals surface area (Å²) in [5, 5.41) is 9.36. The van der Waals surface area contributed by atoms with E-state index in [1.807, 2.05) is 36.4 Å². The zero-order valence-electron chi connectivity index (χ0n) is 10.2. The van der Waals surface area contributed by atoms with E-state index in [-0.39, 0.29) is 6.79 Å². The van der Waals surface area contributed by atoms with Gasteiger partial charge in [-0.2, -0.15) is 5.26 Å². The molecule has 0 spiro atoms. The van der Waals surface area contributed by atoms with E-state index in [9.17, 15) is 0 Å². The van der Waals surface area contributed by atoms with E-state index in [1.54, 1.807) is 18.2 Å². The fourth-order valence-corrected chi connectivity index (χ4v) is 1.78. The predicted octanol–water partition coefficient (Wildman–Crippen LogP) is 3.76. The van der Waals surface area contributed by atoms with Crippen LogP contribution in [-0.4, -0.2) is 6.79 Å². The highest BCUT2D eigenvalue weighted by Crippen LogP contribution is 2.25. The SMILES string of the molecule is N#Cc1c(Cl)cccc1OCOCc1ccccc1. The Morgan fingerprint density at radius 3 is 2.58 bits per heavy atom. The Morgan fingerprint density at radius 2 is 1.84 bits per heavy atom. The third kappa shape index (κ3) is 3.72. The highest BCUT2D eigenvalue weighted by atomic mass is 35.5. The molecule has 4 heteroatoms. The predicted molar refractivity (Wildman–Crippen MR) is 72.9 cm³/mol. The van der Waals surface area contributed by atoms with Crippen molar-refractivity contribution in [2.45, 2.75) is 6.61 Å². The lowest BCUT2D eigenvalue weighted by molar-refractivity contribution is 0.00490. The molecule has 0 heterocycles. The standard InChI is InChI=1S/C15H12ClNO2/c16-14-7-4-8-15(13(14)9-17)19-11-18-10-12-5-2-1-3-6-12/h1-8H,10-11H2. The van der Waals surface area contributed by atoms with Crippen LogP contribution < -0.4 is 4.74 Å². The molecule has 2 rings (SSSR count). The van der Waals surface area contributed by atoms with E-state index in [2.05, 4.69) is 0 Å². The van der Waals surface area contributed by atoms with Crippen molar-refractivity contribution in [3.05, 3.63) is 64.7 Å². The molecule has 19 heavy (non-hydrogen) atoms. The van der Waals surface area contributed by atoms with Crippen molar-refractivity contribution in [3.8, 4) is 11.8 Å². The molecule has 0 aliphatic rings. The van der Waals surface area contributed by atoms with Gasteiger partial charge < -0.3 is 9.47 Å². The Bertz CT molecular complexity index is 578. The maximum Gasteiger partial charge on any atom is 0.189 e. The van der Waals surface area contributed by atoms with Gasteiger partial charge in [-0.25, -0.2) is 0 Å². The molecule has 2 aromatic carbocycles. The topological polar surface area (TPSA) is 42.2 Å². The minimum Gasteiger partial charge on any atom is -0.466 e. The fraction of sp³-hybridized carbons (Fsp3) is 0.133. The van der Waals surface area contributed by atoms with Crippen molar-refractivity contribution in [1.82, 2.24) is 0 Å². The molecular formula is C15H12ClNO2. The van der Waals surface area contributed by atoms with Crippen molar-refractivity contribution < 1.29 is 9.47 Å². The van der Waals surface area contributed by atoms with Gasteiger partial charge in [0.2, 0.25) is 0 Å². The molecule has 0 fully saturated rings. The number of halogens is 1. The highest BCUT2D eigenvalue weighted by molar-refractivity contribution is 6.31. The largest absolute Gasteiger partial charge is 0.466 e. The number of nitriles is 1. The molecular weight excluding hydrogens is 262 g/mol. The minimum absolute atomic E-state index is 0.0733. The highest BCUT2D eigenvalue weighted by Gasteiger charge is 2.06. The van der Waals surface area contributed by atoms with Crippen molar-refractivity contribution in [3.63, 3.8) is 0 Å². The molecule has 3 nitrogen and oxygen atoms in total. The summed E-state index contributed by atoms with van der Waals surface area (Å²) in [6.07, 6.45) is 0. The second-order valence-electron chi connectivity index (χ2n) is 3.82. The fourth-order valence-electron chi connectivity index (χ4n) is 1.57. The van der Waals surface area contributed by atoms with Gasteiger partial charge in [0.15, 0.2) is 6.79 Å². The van der Waals surface area contributed by atoms with E-state index in [1.165, 1.54) is 0 Å². The van der Waals surface area contributed by atoms with Crippen LogP contribution in [-0.2, 0) is 11.3 Å². The maximum absolute atomic E-state index is 8.98. The monoisotopic (exact) mass is 273 g/mol. The Labute approximate surface area is 117 Å². The number of hydrogen-bond donors (Lipinski definition) is 0. The van der Waals surface area contributed by atoms with Crippen LogP contribution >= 0.6 is 11.6 Å². The first-order valence-electron chi connectivity index (χ1n) is 5.74. The smallest absolute Gasteiger partial charge is 0.189 e. The number of ether oxygens (including phenoxy) is 2. The van der Waals surface area contributed by atoms with Crippen molar-refractivity contribution in [2.75, 3.05) is 6.79 Å². The van der Waals surface area contributed by atoms with Crippen LogP contribution in [0.1, 0.15) is 11.1 Å². The molecule has 96 valence electrons. The summed E-state index contributed by atoms with van der Waals surface area (Å²) in [7, 11) is 0. The Hall–Kier alpha value is -2.02. The number of hydrogen-bond acceptors (Lipinski definition) is 3. The van der Waals surface area contributed by atoms with Gasteiger partial charge in [-0.15, -0.1) is 0 Å². The van der Waals surface area contributed by atoms with Gasteiger partial charge in [0, 0.05) is 0 Å². The average molecular weight is 274 g/mol. The Balaban J connectivity index is 1.87. The van der Waals surface area contributed by atoms with Crippen LogP contribution in [0.5, 0.6) is 5.75 Å². The second kappa shape index (κ2) is 6.79. The van der Waals surface area contributed by atoms with Gasteiger partial charge >= 0.3 is 0 Å². The summed E-state index contributed by atoms with van der Waals surface area (Å²) in [5.41, 5.74) is 1.39. The minimum atomic E-state index is 0.0733. The lowest BCUT2D eigenvalue weighted by Gasteiger charge is -2.09. The quantitative estimate of drug-likeness (QED) is 0.615. The molecule has 2 aromatic rings. The molecule has 0 bridgehead atoms. The summed E-state index contributed by atoms with van der Waals surface area (Å²) < 4.78 is 10.8. The van der Waals surface area contributed by atoms with Gasteiger partial charge in [0.25, 0.3) is 0 Å². The van der Waals surface area contributed by atoms with Gasteiger partial charge in [-0.3, -0.25) is 0 Å². The lowest BCUT2D eigenvalue weighted by Crippen LogP contribution is -2.04. The summed E-state index contributed by atoms with van der Waals surface area (Å²) in [5.74, 6) is 0.433. The molecule has 0 aliphatic carbocycles. The zero-order chi connectivity index (χ0) is 13.5. The molecule has 0 amide bonds. The van der Waals surface area contributed by atoms with Crippen molar-refractivity contribution >= 4 is 11.6 Å². The third-order valence-electron chi connectivity index (χ3n) is 2.50. The molecule has 0 unspecified atom stereocenters. The Morgan fingerprint density at radius 1 is 1.05 bits per heavy atom. The van der Waals surface area contributed by atoms with E-state index < -0.39 is 0 Å². The number of benzene rings is 2. The second-order valence-corrected chi connectivity index (χ2v) is 4.23. The third-order valence-corrected chi connectivity index (χ3v) is 2.81. The molecule has 0 aromatic heterocycles. The van der Waals surface area contributed by atoms with Gasteiger partial charge in [-0.1, -0.05) is 48.0 Å². The average Bonchev–Trinajstić information content (AvgIpc) is 2.45. The first-order chi connectivity index (χ1) is 9.31. The molecule has 0 aliphatic heterocycles. The van der Waals surface area contributed by atoms with E-state index >= 15 is 0 Å². The molecule has 0 saturated heterocycles. The van der Waals surface area contributed by atoms with Crippen LogP contribution in [0.3, 0.4) is 0 Å². The van der Waals surface area contributed by atoms with Crippen LogP contribution in [0.4, 0.5) is 0 Å². The number of nitrogens with zero attached hydrogens (tertiary/aromatic N) is 1. The maximum atomic E-state index is 8.98. The van der Waals surface area contributed by atoms with E-state index in [4.69, 9.17) is 26.3 Å². The normalized spacial score (nSPS) is 9.89. The Kier molecular flexibility index (Phi) is 4.79. The zero-order valence-corrected chi connectivity index (χ0v) is 10.9. The lowest BCUT2D eigenvalue weighted by atomic mass is 10.2. The summed E-state index contributed by atoms with van der Waals surface area (Å²) in [6, 6.07) is 16.9. The van der Waals surface area contributed by atoms with Gasteiger partial charge in [-0.05, 0) is 17.7 Å². The van der Waals surface area contributed by atoms with Crippen LogP contribution in [0, 0.1) is 11.3 Å². The summed E-state index contributed by atoms with van der Waals surface area (Å²) in [6.45, 7) is 0.535. The van der Waals surface area contributed by atoms with E-state index in [0.717, 1.165) is 5.56 Å².